The van der Waals surface area contributed by atoms with Gasteiger partial charge in [0.05, 0.1) is 6.54 Å². The Bertz CT molecular complexity index is 779. The zero-order valence-corrected chi connectivity index (χ0v) is 13.4. The van der Waals surface area contributed by atoms with Crippen molar-refractivity contribution in [2.45, 2.75) is 25.8 Å². The van der Waals surface area contributed by atoms with E-state index in [1.165, 1.54) is 11.6 Å². The van der Waals surface area contributed by atoms with Gasteiger partial charge in [-0.25, -0.2) is 14.4 Å². The van der Waals surface area contributed by atoms with Gasteiger partial charge >= 0.3 is 0 Å². The quantitative estimate of drug-likeness (QED) is 0.865. The number of anilines is 1. The summed E-state index contributed by atoms with van der Waals surface area (Å²) < 4.78 is 13.8. The summed E-state index contributed by atoms with van der Waals surface area (Å²) in [6.45, 7) is 1.90. The van der Waals surface area contributed by atoms with Gasteiger partial charge in [-0.2, -0.15) is 0 Å². The second-order valence-electron chi connectivity index (χ2n) is 6.30. The number of piperazine rings is 1. The molecule has 6 heteroatoms. The summed E-state index contributed by atoms with van der Waals surface area (Å²) in [6, 6.07) is 6.62. The number of carbonyl (C=O) groups is 1. The van der Waals surface area contributed by atoms with Crippen LogP contribution in [0, 0.1) is 5.82 Å². The second-order valence-corrected chi connectivity index (χ2v) is 6.30. The fourth-order valence-corrected chi connectivity index (χ4v) is 3.50. The number of fused-ring (bicyclic) bond motifs is 1. The van der Waals surface area contributed by atoms with Crippen molar-refractivity contribution in [2.75, 3.05) is 24.5 Å². The predicted molar refractivity (Wildman–Crippen MR) is 88.1 cm³/mol. The number of rotatable bonds is 3. The van der Waals surface area contributed by atoms with Crippen molar-refractivity contribution >= 4 is 11.7 Å². The minimum atomic E-state index is -0.263. The van der Waals surface area contributed by atoms with E-state index in [4.69, 9.17) is 0 Å². The Hall–Kier alpha value is -2.50. The average molecular weight is 326 g/mol. The van der Waals surface area contributed by atoms with Crippen LogP contribution in [0.2, 0.25) is 0 Å². The maximum absolute atomic E-state index is 13.8. The highest BCUT2D eigenvalue weighted by Gasteiger charge is 2.28. The molecule has 0 bridgehead atoms. The van der Waals surface area contributed by atoms with Crippen LogP contribution in [0.1, 0.15) is 23.2 Å². The molecule has 4 rings (SSSR count). The summed E-state index contributed by atoms with van der Waals surface area (Å²) in [7, 11) is 0. The first-order valence-electron chi connectivity index (χ1n) is 8.31. The summed E-state index contributed by atoms with van der Waals surface area (Å²) in [6.07, 6.45) is 4.67. The fraction of sp³-hybridized carbons (Fsp3) is 0.389. The molecular weight excluding hydrogens is 307 g/mol. The molecule has 1 fully saturated rings. The van der Waals surface area contributed by atoms with E-state index in [2.05, 4.69) is 9.97 Å². The molecule has 1 amide bonds. The van der Waals surface area contributed by atoms with Gasteiger partial charge in [-0.15, -0.1) is 0 Å². The van der Waals surface area contributed by atoms with Gasteiger partial charge in [-0.05, 0) is 25.3 Å². The molecule has 5 nitrogen and oxygen atoms in total. The molecular formula is C18H19FN4O. The van der Waals surface area contributed by atoms with Crippen LogP contribution in [0.4, 0.5) is 10.2 Å². The van der Waals surface area contributed by atoms with E-state index in [1.54, 1.807) is 29.4 Å². The van der Waals surface area contributed by atoms with E-state index in [9.17, 15) is 9.18 Å². The zero-order valence-electron chi connectivity index (χ0n) is 13.4. The third-order valence-corrected chi connectivity index (χ3v) is 4.79. The highest BCUT2D eigenvalue weighted by Crippen LogP contribution is 2.28. The first kappa shape index (κ1) is 15.1. The Morgan fingerprint density at radius 2 is 2.00 bits per heavy atom. The predicted octanol–water partition coefficient (Wildman–Crippen LogP) is 1.95. The molecule has 0 N–H and O–H groups in total. The van der Waals surface area contributed by atoms with Crippen LogP contribution in [0.3, 0.4) is 0 Å². The Morgan fingerprint density at radius 1 is 1.12 bits per heavy atom. The molecule has 0 unspecified atom stereocenters. The van der Waals surface area contributed by atoms with E-state index in [0.29, 0.717) is 25.2 Å². The number of halogens is 1. The molecule has 2 aromatic rings. The van der Waals surface area contributed by atoms with Gasteiger partial charge in [0.2, 0.25) is 5.91 Å². The van der Waals surface area contributed by atoms with Crippen molar-refractivity contribution in [2.24, 2.45) is 0 Å². The van der Waals surface area contributed by atoms with Crippen LogP contribution in [-0.2, 0) is 24.2 Å². The number of hydrogen-bond acceptors (Lipinski definition) is 4. The smallest absolute Gasteiger partial charge is 0.242 e. The lowest BCUT2D eigenvalue weighted by molar-refractivity contribution is -0.131. The lowest BCUT2D eigenvalue weighted by Gasteiger charge is -2.35. The van der Waals surface area contributed by atoms with E-state index < -0.39 is 0 Å². The van der Waals surface area contributed by atoms with E-state index in [-0.39, 0.29) is 18.3 Å². The normalized spacial score (nSPS) is 17.3. The number of carbonyl (C=O) groups excluding carboxylic acids is 1. The number of benzene rings is 1. The molecule has 1 aliphatic heterocycles. The molecule has 2 aliphatic rings. The number of hydrogen-bond donors (Lipinski definition) is 0. The SMILES string of the molecule is O=C1CN(c2ncnc3c2CCC3)CCN1Cc1ccccc1F. The van der Waals surface area contributed by atoms with Crippen LogP contribution in [0.25, 0.3) is 0 Å². The first-order valence-corrected chi connectivity index (χ1v) is 8.31. The van der Waals surface area contributed by atoms with Crippen LogP contribution in [0.15, 0.2) is 30.6 Å². The molecule has 1 saturated heterocycles. The largest absolute Gasteiger partial charge is 0.345 e. The summed E-state index contributed by atoms with van der Waals surface area (Å²) >= 11 is 0. The molecule has 1 aromatic heterocycles. The van der Waals surface area contributed by atoms with Crippen molar-refractivity contribution in [1.29, 1.82) is 0 Å². The van der Waals surface area contributed by atoms with E-state index in [1.807, 2.05) is 4.90 Å². The summed E-state index contributed by atoms with van der Waals surface area (Å²) in [5, 5.41) is 0. The van der Waals surface area contributed by atoms with Crippen LogP contribution < -0.4 is 4.90 Å². The topological polar surface area (TPSA) is 49.3 Å². The highest BCUT2D eigenvalue weighted by atomic mass is 19.1. The molecule has 1 aliphatic carbocycles. The molecule has 0 saturated carbocycles. The number of nitrogens with zero attached hydrogens (tertiary/aromatic N) is 4. The molecule has 0 atom stereocenters. The van der Waals surface area contributed by atoms with Crippen LogP contribution in [-0.4, -0.2) is 40.4 Å². The van der Waals surface area contributed by atoms with Crippen LogP contribution >= 0.6 is 0 Å². The van der Waals surface area contributed by atoms with Crippen molar-refractivity contribution in [1.82, 2.24) is 14.9 Å². The van der Waals surface area contributed by atoms with Crippen LogP contribution in [0.5, 0.6) is 0 Å². The van der Waals surface area contributed by atoms with Gasteiger partial charge in [0.1, 0.15) is 18.0 Å². The maximum atomic E-state index is 13.8. The monoisotopic (exact) mass is 326 g/mol. The molecule has 0 radical (unpaired) electrons. The Morgan fingerprint density at radius 3 is 2.83 bits per heavy atom. The molecule has 1 aromatic carbocycles. The number of amides is 1. The second kappa shape index (κ2) is 6.19. The molecule has 124 valence electrons. The van der Waals surface area contributed by atoms with Crippen molar-refractivity contribution < 1.29 is 9.18 Å². The zero-order chi connectivity index (χ0) is 16.5. The Kier molecular flexibility index (Phi) is 3.88. The average Bonchev–Trinajstić information content (AvgIpc) is 3.07. The fourth-order valence-electron chi connectivity index (χ4n) is 3.50. The maximum Gasteiger partial charge on any atom is 0.242 e. The Balaban J connectivity index is 1.48. The summed E-state index contributed by atoms with van der Waals surface area (Å²) in [5.41, 5.74) is 2.86. The van der Waals surface area contributed by atoms with Crippen molar-refractivity contribution in [3.63, 3.8) is 0 Å². The van der Waals surface area contributed by atoms with Gasteiger partial charge in [0, 0.05) is 36.5 Å². The Labute approximate surface area is 140 Å². The lowest BCUT2D eigenvalue weighted by Crippen LogP contribution is -2.50. The third-order valence-electron chi connectivity index (χ3n) is 4.79. The van der Waals surface area contributed by atoms with Crippen molar-refractivity contribution in [3.05, 3.63) is 53.2 Å². The molecule has 0 spiro atoms. The van der Waals surface area contributed by atoms with Gasteiger partial charge in [0.15, 0.2) is 0 Å². The summed E-state index contributed by atoms with van der Waals surface area (Å²) in [4.78, 5) is 25.0. The standard InChI is InChI=1S/C18H19FN4O/c19-15-6-2-1-4-13(15)10-22-8-9-23(11-17(22)24)18-14-5-3-7-16(14)20-12-21-18/h1-2,4,6,12H,3,5,7-11H2. The summed E-state index contributed by atoms with van der Waals surface area (Å²) in [5.74, 6) is 0.646. The van der Waals surface area contributed by atoms with Gasteiger partial charge in [-0.3, -0.25) is 4.79 Å². The van der Waals surface area contributed by atoms with Gasteiger partial charge in [0.25, 0.3) is 0 Å². The van der Waals surface area contributed by atoms with E-state index in [0.717, 1.165) is 30.8 Å². The molecule has 2 heterocycles. The first-order chi connectivity index (χ1) is 11.7. The third kappa shape index (κ3) is 2.72. The minimum absolute atomic E-state index is 0.00913. The molecule has 24 heavy (non-hydrogen) atoms. The number of aryl methyl sites for hydroxylation is 1. The van der Waals surface area contributed by atoms with Gasteiger partial charge in [-0.1, -0.05) is 18.2 Å². The van der Waals surface area contributed by atoms with Gasteiger partial charge < -0.3 is 9.80 Å². The lowest BCUT2D eigenvalue weighted by atomic mass is 10.1. The van der Waals surface area contributed by atoms with E-state index >= 15 is 0 Å². The minimum Gasteiger partial charge on any atom is -0.345 e. The highest BCUT2D eigenvalue weighted by molar-refractivity contribution is 5.82. The number of aromatic nitrogens is 2. The van der Waals surface area contributed by atoms with Crippen molar-refractivity contribution in [3.8, 4) is 0 Å².